The minimum Gasteiger partial charge on any atom is -0.494 e. The van der Waals surface area contributed by atoms with Crippen LogP contribution in [0.25, 0.3) is 0 Å². The largest absolute Gasteiger partial charge is 0.494 e. The van der Waals surface area contributed by atoms with Gasteiger partial charge in [0.25, 0.3) is 5.56 Å². The second kappa shape index (κ2) is 10.2. The lowest BCUT2D eigenvalue weighted by Gasteiger charge is -2.17. The number of nitrogens with zero attached hydrogens (tertiary/aromatic N) is 2. The van der Waals surface area contributed by atoms with Crippen LogP contribution in [0.2, 0.25) is 0 Å². The Labute approximate surface area is 193 Å². The first-order chi connectivity index (χ1) is 15.7. The fourth-order valence-electron chi connectivity index (χ4n) is 3.84. The molecule has 0 radical (unpaired) electrons. The third-order valence-corrected chi connectivity index (χ3v) is 5.70. The molecule has 2 aromatic carbocycles. The number of ketones is 1. The molecule has 3 rings (SSSR count). The lowest BCUT2D eigenvalue weighted by atomic mass is 10.00. The van der Waals surface area contributed by atoms with Crippen molar-refractivity contribution in [2.45, 2.75) is 46.6 Å². The number of rotatable bonds is 8. The Balaban J connectivity index is 1.94. The minimum atomic E-state index is -0.610. The van der Waals surface area contributed by atoms with Gasteiger partial charge in [-0.2, -0.15) is 5.26 Å². The van der Waals surface area contributed by atoms with Crippen LogP contribution < -0.4 is 10.3 Å². The zero-order valence-corrected chi connectivity index (χ0v) is 19.4. The summed E-state index contributed by atoms with van der Waals surface area (Å²) >= 11 is 0. The summed E-state index contributed by atoms with van der Waals surface area (Å²) in [6.07, 6.45) is 0.466. The van der Waals surface area contributed by atoms with Gasteiger partial charge >= 0.3 is 0 Å². The molecule has 170 valence electrons. The summed E-state index contributed by atoms with van der Waals surface area (Å²) in [7, 11) is 0. The van der Waals surface area contributed by atoms with E-state index in [0.29, 0.717) is 12.2 Å². The maximum atomic E-state index is 13.1. The summed E-state index contributed by atoms with van der Waals surface area (Å²) in [6.45, 7) is 7.34. The first kappa shape index (κ1) is 23.8. The Morgan fingerprint density at radius 2 is 1.85 bits per heavy atom. The van der Waals surface area contributed by atoms with E-state index in [1.165, 1.54) is 6.92 Å². The highest BCUT2D eigenvalue weighted by molar-refractivity contribution is 6.01. The molecule has 6 nitrogen and oxygen atoms in total. The highest BCUT2D eigenvalue weighted by atomic mass is 16.5. The van der Waals surface area contributed by atoms with Gasteiger partial charge in [-0.05, 0) is 54.5 Å². The zero-order chi connectivity index (χ0) is 24.1. The molecular formula is C27H28N2O4. The lowest BCUT2D eigenvalue weighted by molar-refractivity contribution is 0.0915. The molecule has 0 atom stereocenters. The number of carbonyl (C=O) groups is 1. The molecule has 0 aliphatic rings. The number of Topliss-reactive ketones (excluding diaryl/α,β-unsaturated/α-hetero) is 1. The third kappa shape index (κ3) is 5.15. The number of ether oxygens (including phenoxy) is 1. The van der Waals surface area contributed by atoms with E-state index in [4.69, 9.17) is 4.74 Å². The van der Waals surface area contributed by atoms with Gasteiger partial charge in [0.2, 0.25) is 11.7 Å². The van der Waals surface area contributed by atoms with Crippen molar-refractivity contribution in [3.63, 3.8) is 0 Å². The molecule has 0 fully saturated rings. The van der Waals surface area contributed by atoms with Crippen molar-refractivity contribution in [1.82, 2.24) is 4.57 Å². The zero-order valence-electron chi connectivity index (χ0n) is 19.4. The number of nitriles is 1. The van der Waals surface area contributed by atoms with E-state index in [9.17, 15) is 20.0 Å². The van der Waals surface area contributed by atoms with Crippen molar-refractivity contribution in [3.8, 4) is 17.7 Å². The van der Waals surface area contributed by atoms with Gasteiger partial charge in [-0.1, -0.05) is 56.3 Å². The topological polar surface area (TPSA) is 92.3 Å². The van der Waals surface area contributed by atoms with E-state index in [1.54, 1.807) is 0 Å². The standard InChI is InChI=1S/C27H28N2O4/c1-17(2)21-11-10-18(3)14-24(21)33-16-23(30)25-19(4)22(15-28)26(31)29(27(25)32)13-12-20-8-6-5-7-9-20/h5-11,14,17,32H,12-13,16H2,1-4H3. The number of carbonyl (C=O) groups excluding carboxylic acids is 1. The summed E-state index contributed by atoms with van der Waals surface area (Å²) in [5.74, 6) is -0.121. The molecule has 0 bridgehead atoms. The van der Waals surface area contributed by atoms with E-state index in [0.717, 1.165) is 21.3 Å². The second-order valence-corrected chi connectivity index (χ2v) is 8.41. The Bertz CT molecular complexity index is 1270. The quantitative estimate of drug-likeness (QED) is 0.510. The number of hydrogen-bond donors (Lipinski definition) is 1. The van der Waals surface area contributed by atoms with E-state index in [2.05, 4.69) is 0 Å². The molecule has 1 heterocycles. The normalized spacial score (nSPS) is 10.8. The summed E-state index contributed by atoms with van der Waals surface area (Å²) < 4.78 is 6.94. The molecular weight excluding hydrogens is 416 g/mol. The molecule has 0 saturated carbocycles. The Hall–Kier alpha value is -3.85. The average Bonchev–Trinajstić information content (AvgIpc) is 2.78. The first-order valence-electron chi connectivity index (χ1n) is 10.9. The number of aromatic nitrogens is 1. The van der Waals surface area contributed by atoms with Crippen LogP contribution in [0.1, 0.15) is 57.9 Å². The smallest absolute Gasteiger partial charge is 0.271 e. The van der Waals surface area contributed by atoms with Gasteiger partial charge in [0.05, 0.1) is 5.56 Å². The summed E-state index contributed by atoms with van der Waals surface area (Å²) in [5, 5.41) is 20.4. The van der Waals surface area contributed by atoms with Crippen molar-refractivity contribution < 1.29 is 14.6 Å². The number of pyridine rings is 1. The van der Waals surface area contributed by atoms with Crippen LogP contribution >= 0.6 is 0 Å². The van der Waals surface area contributed by atoms with Gasteiger partial charge in [0, 0.05) is 6.54 Å². The Morgan fingerprint density at radius 3 is 2.48 bits per heavy atom. The molecule has 0 unspecified atom stereocenters. The third-order valence-electron chi connectivity index (χ3n) is 5.70. The summed E-state index contributed by atoms with van der Waals surface area (Å²) in [4.78, 5) is 25.9. The number of aromatic hydroxyl groups is 1. The maximum Gasteiger partial charge on any atom is 0.271 e. The van der Waals surface area contributed by atoms with Crippen LogP contribution in [-0.4, -0.2) is 22.1 Å². The van der Waals surface area contributed by atoms with Crippen LogP contribution in [0.3, 0.4) is 0 Å². The Kier molecular flexibility index (Phi) is 7.34. The molecule has 0 spiro atoms. The molecule has 0 aliphatic carbocycles. The van der Waals surface area contributed by atoms with Gasteiger partial charge in [0.15, 0.2) is 6.61 Å². The predicted octanol–water partition coefficient (Wildman–Crippen LogP) is 4.67. The molecule has 0 amide bonds. The molecule has 6 heteroatoms. The van der Waals surface area contributed by atoms with E-state index >= 15 is 0 Å². The van der Waals surface area contributed by atoms with Gasteiger partial charge in [-0.3, -0.25) is 14.2 Å². The first-order valence-corrected chi connectivity index (χ1v) is 10.9. The molecule has 33 heavy (non-hydrogen) atoms. The van der Waals surface area contributed by atoms with Crippen molar-refractivity contribution in [1.29, 1.82) is 5.26 Å². The SMILES string of the molecule is Cc1ccc(C(C)C)c(OCC(=O)c2c(C)c(C#N)c(=O)n(CCc3ccccc3)c2O)c1. The van der Waals surface area contributed by atoms with Crippen molar-refractivity contribution in [2.75, 3.05) is 6.61 Å². The number of benzene rings is 2. The number of hydrogen-bond acceptors (Lipinski definition) is 5. The molecule has 3 aromatic rings. The summed E-state index contributed by atoms with van der Waals surface area (Å²) in [6, 6.07) is 17.2. The molecule has 0 aliphatic heterocycles. The van der Waals surface area contributed by atoms with Gasteiger partial charge in [-0.15, -0.1) is 0 Å². The lowest BCUT2D eigenvalue weighted by Crippen LogP contribution is -2.28. The van der Waals surface area contributed by atoms with Crippen LogP contribution in [0.5, 0.6) is 11.6 Å². The fourth-order valence-corrected chi connectivity index (χ4v) is 3.84. The van der Waals surface area contributed by atoms with E-state index in [-0.39, 0.29) is 35.8 Å². The van der Waals surface area contributed by atoms with Gasteiger partial charge < -0.3 is 9.84 Å². The summed E-state index contributed by atoms with van der Waals surface area (Å²) in [5.41, 5.74) is 2.29. The van der Waals surface area contributed by atoms with E-state index in [1.807, 2.05) is 75.4 Å². The average molecular weight is 445 g/mol. The van der Waals surface area contributed by atoms with Crippen LogP contribution in [0.15, 0.2) is 53.3 Å². The molecule has 1 aromatic heterocycles. The van der Waals surface area contributed by atoms with E-state index < -0.39 is 17.2 Å². The van der Waals surface area contributed by atoms with Crippen LogP contribution in [0, 0.1) is 25.2 Å². The predicted molar refractivity (Wildman–Crippen MR) is 127 cm³/mol. The number of aryl methyl sites for hydroxylation is 2. The Morgan fingerprint density at radius 1 is 1.15 bits per heavy atom. The van der Waals surface area contributed by atoms with Gasteiger partial charge in [0.1, 0.15) is 17.4 Å². The van der Waals surface area contributed by atoms with Gasteiger partial charge in [-0.25, -0.2) is 0 Å². The maximum absolute atomic E-state index is 13.1. The fraction of sp³-hybridized carbons (Fsp3) is 0.296. The molecule has 0 saturated heterocycles. The van der Waals surface area contributed by atoms with Crippen molar-refractivity contribution >= 4 is 5.78 Å². The highest BCUT2D eigenvalue weighted by Gasteiger charge is 2.24. The minimum absolute atomic E-state index is 0.0574. The van der Waals surface area contributed by atoms with Crippen LogP contribution in [-0.2, 0) is 13.0 Å². The highest BCUT2D eigenvalue weighted by Crippen LogP contribution is 2.28. The monoisotopic (exact) mass is 444 g/mol. The van der Waals surface area contributed by atoms with Crippen LogP contribution in [0.4, 0.5) is 0 Å². The molecule has 1 N–H and O–H groups in total. The van der Waals surface area contributed by atoms with Crippen molar-refractivity contribution in [3.05, 3.63) is 92.3 Å². The second-order valence-electron chi connectivity index (χ2n) is 8.41. The van der Waals surface area contributed by atoms with Crippen molar-refractivity contribution in [2.24, 2.45) is 0 Å².